The largest absolute Gasteiger partial charge is 0.329 e. The van der Waals surface area contributed by atoms with Gasteiger partial charge < -0.3 is 10.6 Å². The summed E-state index contributed by atoms with van der Waals surface area (Å²) < 4.78 is 26.2. The van der Waals surface area contributed by atoms with E-state index in [1.165, 1.54) is 18.0 Å². The minimum absolute atomic E-state index is 0.136. The molecule has 5 heteroatoms. The fourth-order valence-electron chi connectivity index (χ4n) is 2.12. The molecule has 2 aromatic rings. The average Bonchev–Trinajstić information content (AvgIpc) is 2.51. The predicted molar refractivity (Wildman–Crippen MR) is 78.0 cm³/mol. The van der Waals surface area contributed by atoms with Crippen LogP contribution in [0.3, 0.4) is 0 Å². The lowest BCUT2D eigenvalue weighted by molar-refractivity contribution is -0.119. The van der Waals surface area contributed by atoms with Gasteiger partial charge in [-0.25, -0.2) is 8.78 Å². The molecule has 0 aliphatic carbocycles. The van der Waals surface area contributed by atoms with Crippen LogP contribution in [0.4, 0.5) is 14.5 Å². The van der Waals surface area contributed by atoms with Gasteiger partial charge in [0.25, 0.3) is 0 Å². The van der Waals surface area contributed by atoms with Crippen LogP contribution in [0.5, 0.6) is 0 Å². The van der Waals surface area contributed by atoms with Gasteiger partial charge in [0.05, 0.1) is 5.92 Å². The highest BCUT2D eigenvalue weighted by atomic mass is 19.2. The van der Waals surface area contributed by atoms with Crippen molar-refractivity contribution in [3.05, 3.63) is 65.7 Å². The Labute approximate surface area is 122 Å². The maximum atomic E-state index is 13.3. The van der Waals surface area contributed by atoms with Crippen molar-refractivity contribution in [1.29, 1.82) is 0 Å². The Morgan fingerprint density at radius 3 is 2.38 bits per heavy atom. The van der Waals surface area contributed by atoms with Crippen LogP contribution in [-0.4, -0.2) is 19.5 Å². The first-order valence-electron chi connectivity index (χ1n) is 6.52. The van der Waals surface area contributed by atoms with Gasteiger partial charge in [-0.3, -0.25) is 4.79 Å². The van der Waals surface area contributed by atoms with Gasteiger partial charge in [-0.15, -0.1) is 0 Å². The van der Waals surface area contributed by atoms with Gasteiger partial charge in [-0.2, -0.15) is 0 Å². The number of amides is 1. The molecule has 2 N–H and O–H groups in total. The Bertz CT molecular complexity index is 631. The van der Waals surface area contributed by atoms with Crippen LogP contribution >= 0.6 is 0 Å². The summed E-state index contributed by atoms with van der Waals surface area (Å²) in [5.74, 6) is -2.73. The molecule has 0 aromatic heterocycles. The smallest absolute Gasteiger partial charge is 0.235 e. The highest BCUT2D eigenvalue weighted by Crippen LogP contribution is 2.22. The minimum atomic E-state index is -0.990. The van der Waals surface area contributed by atoms with Gasteiger partial charge in [-0.05, 0) is 17.7 Å². The molecular weight excluding hydrogens is 274 g/mol. The summed E-state index contributed by atoms with van der Waals surface area (Å²) in [7, 11) is 1.51. The molecule has 21 heavy (non-hydrogen) atoms. The van der Waals surface area contributed by atoms with Crippen LogP contribution in [0, 0.1) is 11.6 Å². The molecule has 1 atom stereocenters. The molecule has 0 heterocycles. The third-order valence-electron chi connectivity index (χ3n) is 3.36. The molecule has 0 spiro atoms. The molecular formula is C16H16F2N2O. The van der Waals surface area contributed by atoms with Gasteiger partial charge >= 0.3 is 0 Å². The number of halogens is 2. The molecule has 1 amide bonds. The number of likely N-dealkylation sites (N-methyl/N-ethyl adjacent to an activating group) is 1. The van der Waals surface area contributed by atoms with E-state index >= 15 is 0 Å². The summed E-state index contributed by atoms with van der Waals surface area (Å²) in [4.78, 5) is 13.8. The van der Waals surface area contributed by atoms with E-state index in [1.807, 2.05) is 30.3 Å². The summed E-state index contributed by atoms with van der Waals surface area (Å²) in [5, 5.41) is 0. The number of carbonyl (C=O) groups is 1. The molecule has 2 rings (SSSR count). The Hall–Kier alpha value is -2.27. The second-order valence-electron chi connectivity index (χ2n) is 4.69. The minimum Gasteiger partial charge on any atom is -0.329 e. The molecule has 3 nitrogen and oxygen atoms in total. The van der Waals surface area contributed by atoms with Crippen LogP contribution in [0.1, 0.15) is 11.5 Å². The molecule has 0 radical (unpaired) electrons. The lowest BCUT2D eigenvalue weighted by Gasteiger charge is -2.23. The fourth-order valence-corrected chi connectivity index (χ4v) is 2.12. The number of nitrogens with two attached hydrogens (primary N) is 1. The van der Waals surface area contributed by atoms with Crippen molar-refractivity contribution in [1.82, 2.24) is 0 Å². The first kappa shape index (κ1) is 15.1. The quantitative estimate of drug-likeness (QED) is 0.941. The Morgan fingerprint density at radius 1 is 1.14 bits per heavy atom. The lowest BCUT2D eigenvalue weighted by Crippen LogP contribution is -2.35. The van der Waals surface area contributed by atoms with Gasteiger partial charge in [0.15, 0.2) is 11.6 Å². The number of benzene rings is 2. The average molecular weight is 290 g/mol. The van der Waals surface area contributed by atoms with Crippen LogP contribution in [0.15, 0.2) is 48.5 Å². The Kier molecular flexibility index (Phi) is 4.65. The summed E-state index contributed by atoms with van der Waals surface area (Å²) in [5.41, 5.74) is 6.77. The topological polar surface area (TPSA) is 46.3 Å². The monoisotopic (exact) mass is 290 g/mol. The van der Waals surface area contributed by atoms with Crippen LogP contribution in [-0.2, 0) is 4.79 Å². The van der Waals surface area contributed by atoms with Crippen LogP contribution in [0.25, 0.3) is 0 Å². The second kappa shape index (κ2) is 6.45. The zero-order chi connectivity index (χ0) is 15.4. The number of hydrogen-bond acceptors (Lipinski definition) is 2. The second-order valence-corrected chi connectivity index (χ2v) is 4.69. The molecule has 0 saturated heterocycles. The molecule has 0 saturated carbocycles. The molecule has 0 bridgehead atoms. The summed E-state index contributed by atoms with van der Waals surface area (Å²) in [6.45, 7) is 0.136. The SMILES string of the molecule is CN(C(=O)[C@@H](CN)c1ccccc1)c1ccc(F)c(F)c1. The Morgan fingerprint density at radius 2 is 1.81 bits per heavy atom. The molecule has 0 aliphatic rings. The highest BCUT2D eigenvalue weighted by Gasteiger charge is 2.23. The van der Waals surface area contributed by atoms with E-state index in [9.17, 15) is 13.6 Å². The van der Waals surface area contributed by atoms with Crippen LogP contribution in [0.2, 0.25) is 0 Å². The number of nitrogens with zero attached hydrogens (tertiary/aromatic N) is 1. The summed E-state index contributed by atoms with van der Waals surface area (Å²) in [6.07, 6.45) is 0. The van der Waals surface area contributed by atoms with Gasteiger partial charge in [0, 0.05) is 25.3 Å². The zero-order valence-electron chi connectivity index (χ0n) is 11.6. The van der Waals surface area contributed by atoms with E-state index in [0.29, 0.717) is 0 Å². The van der Waals surface area contributed by atoms with Crippen molar-refractivity contribution in [3.63, 3.8) is 0 Å². The fraction of sp³-hybridized carbons (Fsp3) is 0.188. The third-order valence-corrected chi connectivity index (χ3v) is 3.36. The maximum Gasteiger partial charge on any atom is 0.235 e. The molecule has 0 unspecified atom stereocenters. The molecule has 110 valence electrons. The highest BCUT2D eigenvalue weighted by molar-refractivity contribution is 5.97. The molecule has 0 aliphatic heterocycles. The predicted octanol–water partition coefficient (Wildman–Crippen LogP) is 2.67. The zero-order valence-corrected chi connectivity index (χ0v) is 11.6. The molecule has 0 fully saturated rings. The van der Waals surface area contributed by atoms with E-state index in [0.717, 1.165) is 17.7 Å². The van der Waals surface area contributed by atoms with E-state index in [4.69, 9.17) is 5.73 Å². The third kappa shape index (κ3) is 3.25. The van der Waals surface area contributed by atoms with Crippen molar-refractivity contribution in [2.45, 2.75) is 5.92 Å². The summed E-state index contributed by atoms with van der Waals surface area (Å²) >= 11 is 0. The molecule has 2 aromatic carbocycles. The number of carbonyl (C=O) groups excluding carboxylic acids is 1. The van der Waals surface area contributed by atoms with E-state index in [2.05, 4.69) is 0 Å². The maximum absolute atomic E-state index is 13.3. The summed E-state index contributed by atoms with van der Waals surface area (Å²) in [6, 6.07) is 12.5. The van der Waals surface area contributed by atoms with Crippen molar-refractivity contribution in [3.8, 4) is 0 Å². The van der Waals surface area contributed by atoms with E-state index < -0.39 is 17.6 Å². The van der Waals surface area contributed by atoms with Crippen molar-refractivity contribution >= 4 is 11.6 Å². The van der Waals surface area contributed by atoms with Gasteiger partial charge in [0.2, 0.25) is 5.91 Å². The first-order valence-corrected chi connectivity index (χ1v) is 6.52. The van der Waals surface area contributed by atoms with Crippen molar-refractivity contribution in [2.24, 2.45) is 5.73 Å². The number of anilines is 1. The first-order chi connectivity index (χ1) is 10.0. The van der Waals surface area contributed by atoms with E-state index in [1.54, 1.807) is 0 Å². The van der Waals surface area contributed by atoms with Crippen molar-refractivity contribution in [2.75, 3.05) is 18.5 Å². The standard InChI is InChI=1S/C16H16F2N2O/c1-20(12-7-8-14(17)15(18)9-12)16(21)13(10-19)11-5-3-2-4-6-11/h2-9,13H,10,19H2,1H3/t13-/m0/s1. The van der Waals surface area contributed by atoms with Gasteiger partial charge in [0.1, 0.15) is 0 Å². The normalized spacial score (nSPS) is 12.0. The Balaban J connectivity index is 2.26. The number of hydrogen-bond donors (Lipinski definition) is 1. The van der Waals surface area contributed by atoms with Crippen molar-refractivity contribution < 1.29 is 13.6 Å². The lowest BCUT2D eigenvalue weighted by atomic mass is 9.97. The van der Waals surface area contributed by atoms with Gasteiger partial charge in [-0.1, -0.05) is 30.3 Å². The van der Waals surface area contributed by atoms with E-state index in [-0.39, 0.29) is 18.1 Å². The number of rotatable bonds is 4. The van der Waals surface area contributed by atoms with Crippen LogP contribution < -0.4 is 10.6 Å².